The standard InChI is InChI=1S/C22H23BrF2N4O4/c23-14-5-6-18-15(13-14)22(32,20(30)26-7-2-8-28-9-11-33-12-10-28)29(21(31)27-18)19-16(24)3-1-4-17(19)25/h1,3-6,13,32H,2,7-12H2,(H,26,30)(H,27,31)/t22-/m0/s1. The Labute approximate surface area is 197 Å². The number of hydrogen-bond donors (Lipinski definition) is 3. The molecule has 0 aromatic heterocycles. The van der Waals surface area contributed by atoms with Crippen LogP contribution in [0, 0.1) is 11.6 Å². The Balaban J connectivity index is 1.65. The van der Waals surface area contributed by atoms with E-state index in [1.54, 1.807) is 6.07 Å². The molecule has 3 N–H and O–H groups in total. The smallest absolute Gasteiger partial charge is 0.329 e. The molecule has 0 radical (unpaired) electrons. The molecule has 1 atom stereocenters. The number of ether oxygens (including phenoxy) is 1. The Bertz CT molecular complexity index is 1050. The van der Waals surface area contributed by atoms with Crippen LogP contribution in [0.25, 0.3) is 0 Å². The number of para-hydroxylation sites is 1. The molecule has 0 saturated carbocycles. The van der Waals surface area contributed by atoms with Gasteiger partial charge in [0, 0.05) is 29.7 Å². The summed E-state index contributed by atoms with van der Waals surface area (Å²) < 4.78 is 35.1. The normalized spacial score (nSPS) is 20.8. The summed E-state index contributed by atoms with van der Waals surface area (Å²) in [5.74, 6) is -3.16. The molecule has 2 aromatic carbocycles. The largest absolute Gasteiger partial charge is 0.379 e. The molecular formula is C22H23BrF2N4O4. The third-order valence-electron chi connectivity index (χ3n) is 5.64. The van der Waals surface area contributed by atoms with Crippen molar-refractivity contribution in [3.63, 3.8) is 0 Å². The molecule has 1 fully saturated rings. The molecule has 0 unspecified atom stereocenters. The van der Waals surface area contributed by atoms with E-state index < -0.39 is 35.0 Å². The van der Waals surface area contributed by atoms with Gasteiger partial charge < -0.3 is 20.5 Å². The number of benzene rings is 2. The summed E-state index contributed by atoms with van der Waals surface area (Å²) in [6.45, 7) is 3.78. The molecule has 33 heavy (non-hydrogen) atoms. The minimum absolute atomic E-state index is 0.0233. The van der Waals surface area contributed by atoms with E-state index >= 15 is 0 Å². The number of nitrogens with zero attached hydrogens (tertiary/aromatic N) is 2. The molecule has 0 spiro atoms. The van der Waals surface area contributed by atoms with Crippen molar-refractivity contribution in [3.8, 4) is 0 Å². The summed E-state index contributed by atoms with van der Waals surface area (Å²) in [5.41, 5.74) is -3.39. The highest BCUT2D eigenvalue weighted by Crippen LogP contribution is 2.42. The number of urea groups is 1. The van der Waals surface area contributed by atoms with Gasteiger partial charge >= 0.3 is 6.03 Å². The lowest BCUT2D eigenvalue weighted by Crippen LogP contribution is -2.63. The maximum Gasteiger partial charge on any atom is 0.329 e. The zero-order valence-corrected chi connectivity index (χ0v) is 19.2. The van der Waals surface area contributed by atoms with Gasteiger partial charge in [0.15, 0.2) is 0 Å². The highest BCUT2D eigenvalue weighted by Gasteiger charge is 2.53. The van der Waals surface area contributed by atoms with Crippen LogP contribution in [0.3, 0.4) is 0 Å². The zero-order chi connectivity index (χ0) is 23.6. The second kappa shape index (κ2) is 9.72. The van der Waals surface area contributed by atoms with Crippen LogP contribution in [0.4, 0.5) is 25.0 Å². The number of carbonyl (C=O) groups is 2. The second-order valence-corrected chi connectivity index (χ2v) is 8.68. The zero-order valence-electron chi connectivity index (χ0n) is 17.6. The van der Waals surface area contributed by atoms with Crippen molar-refractivity contribution in [1.29, 1.82) is 0 Å². The maximum absolute atomic E-state index is 14.7. The van der Waals surface area contributed by atoms with Gasteiger partial charge in [0.25, 0.3) is 11.6 Å². The average molecular weight is 525 g/mol. The molecule has 176 valence electrons. The number of carbonyl (C=O) groups excluding carboxylic acids is 2. The first kappa shape index (κ1) is 23.6. The van der Waals surface area contributed by atoms with Crippen molar-refractivity contribution in [1.82, 2.24) is 10.2 Å². The molecule has 2 aliphatic rings. The Morgan fingerprint density at radius 2 is 1.91 bits per heavy atom. The molecule has 2 aliphatic heterocycles. The van der Waals surface area contributed by atoms with Crippen molar-refractivity contribution in [2.24, 2.45) is 0 Å². The lowest BCUT2D eigenvalue weighted by molar-refractivity contribution is -0.140. The average Bonchev–Trinajstić information content (AvgIpc) is 2.79. The molecule has 0 aliphatic carbocycles. The highest BCUT2D eigenvalue weighted by atomic mass is 79.9. The fourth-order valence-corrected chi connectivity index (χ4v) is 4.36. The molecule has 0 bridgehead atoms. The van der Waals surface area contributed by atoms with Crippen LogP contribution in [0.15, 0.2) is 40.9 Å². The quantitative estimate of drug-likeness (QED) is 0.505. The number of amides is 3. The van der Waals surface area contributed by atoms with Crippen molar-refractivity contribution in [3.05, 3.63) is 58.1 Å². The predicted octanol–water partition coefficient (Wildman–Crippen LogP) is 2.76. The summed E-state index contributed by atoms with van der Waals surface area (Å²) in [4.78, 5) is 28.8. The third kappa shape index (κ3) is 4.58. The maximum atomic E-state index is 14.7. The van der Waals surface area contributed by atoms with Crippen LogP contribution >= 0.6 is 15.9 Å². The van der Waals surface area contributed by atoms with Crippen molar-refractivity contribution in [2.75, 3.05) is 49.6 Å². The minimum atomic E-state index is -2.69. The van der Waals surface area contributed by atoms with Crippen LogP contribution in [0.1, 0.15) is 12.0 Å². The second-order valence-electron chi connectivity index (χ2n) is 7.76. The van der Waals surface area contributed by atoms with Crippen molar-refractivity contribution < 1.29 is 28.2 Å². The van der Waals surface area contributed by atoms with Gasteiger partial charge in [-0.15, -0.1) is 0 Å². The summed E-state index contributed by atoms with van der Waals surface area (Å²) in [6, 6.07) is 6.51. The van der Waals surface area contributed by atoms with E-state index in [-0.39, 0.29) is 17.8 Å². The number of anilines is 2. The van der Waals surface area contributed by atoms with E-state index in [1.165, 1.54) is 12.1 Å². The van der Waals surface area contributed by atoms with E-state index in [2.05, 4.69) is 31.5 Å². The van der Waals surface area contributed by atoms with E-state index in [0.717, 1.165) is 31.3 Å². The molecule has 2 heterocycles. The van der Waals surface area contributed by atoms with Gasteiger partial charge in [-0.25, -0.2) is 18.5 Å². The van der Waals surface area contributed by atoms with Crippen LogP contribution in [0.5, 0.6) is 0 Å². The SMILES string of the molecule is O=C1Nc2ccc(Br)cc2[C@](O)(C(=O)NCCCN2CCOCC2)N1c1c(F)cccc1F. The Morgan fingerprint density at radius 3 is 2.61 bits per heavy atom. The van der Waals surface area contributed by atoms with Gasteiger partial charge in [0.05, 0.1) is 18.9 Å². The topological polar surface area (TPSA) is 94.1 Å². The first-order valence-electron chi connectivity index (χ1n) is 10.5. The van der Waals surface area contributed by atoms with Gasteiger partial charge in [-0.05, 0) is 43.3 Å². The van der Waals surface area contributed by atoms with E-state index in [0.29, 0.717) is 35.6 Å². The summed E-state index contributed by atoms with van der Waals surface area (Å²) in [7, 11) is 0. The molecule has 3 amide bonds. The third-order valence-corrected chi connectivity index (χ3v) is 6.14. The lowest BCUT2D eigenvalue weighted by atomic mass is 9.94. The van der Waals surface area contributed by atoms with Gasteiger partial charge in [-0.2, -0.15) is 0 Å². The summed E-state index contributed by atoms with van der Waals surface area (Å²) in [6.07, 6.45) is 0.577. The first-order valence-corrected chi connectivity index (χ1v) is 11.3. The molecule has 1 saturated heterocycles. The fourth-order valence-electron chi connectivity index (χ4n) is 3.99. The molecule has 8 nitrogen and oxygen atoms in total. The summed E-state index contributed by atoms with van der Waals surface area (Å²) >= 11 is 3.28. The van der Waals surface area contributed by atoms with Gasteiger partial charge in [-0.3, -0.25) is 9.69 Å². The van der Waals surface area contributed by atoms with Crippen LogP contribution in [-0.2, 0) is 15.3 Å². The number of rotatable bonds is 6. The monoisotopic (exact) mass is 524 g/mol. The van der Waals surface area contributed by atoms with Crippen LogP contribution in [-0.4, -0.2) is 61.3 Å². The van der Waals surface area contributed by atoms with Gasteiger partial charge in [-0.1, -0.05) is 22.0 Å². The van der Waals surface area contributed by atoms with Crippen molar-refractivity contribution >= 4 is 39.2 Å². The fraction of sp³-hybridized carbons (Fsp3) is 0.364. The minimum Gasteiger partial charge on any atom is -0.379 e. The number of hydrogen-bond acceptors (Lipinski definition) is 5. The Hall–Kier alpha value is -2.60. The van der Waals surface area contributed by atoms with Crippen LogP contribution < -0.4 is 15.5 Å². The summed E-state index contributed by atoms with van der Waals surface area (Å²) in [5, 5.41) is 16.8. The molecule has 2 aromatic rings. The first-order chi connectivity index (χ1) is 15.8. The number of fused-ring (bicyclic) bond motifs is 1. The van der Waals surface area contributed by atoms with Gasteiger partial charge in [0.2, 0.25) is 0 Å². The lowest BCUT2D eigenvalue weighted by Gasteiger charge is -2.42. The number of aliphatic hydroxyl groups is 1. The Morgan fingerprint density at radius 1 is 1.21 bits per heavy atom. The molecular weight excluding hydrogens is 502 g/mol. The predicted molar refractivity (Wildman–Crippen MR) is 121 cm³/mol. The number of halogens is 3. The number of morpholine rings is 1. The van der Waals surface area contributed by atoms with E-state index in [9.17, 15) is 23.5 Å². The van der Waals surface area contributed by atoms with Crippen LogP contribution in [0.2, 0.25) is 0 Å². The van der Waals surface area contributed by atoms with E-state index in [4.69, 9.17) is 4.74 Å². The Kier molecular flexibility index (Phi) is 6.94. The highest BCUT2D eigenvalue weighted by molar-refractivity contribution is 9.10. The van der Waals surface area contributed by atoms with E-state index in [1.807, 2.05) is 0 Å². The molecule has 4 rings (SSSR count). The number of nitrogens with one attached hydrogen (secondary N) is 2. The molecule has 11 heteroatoms. The van der Waals surface area contributed by atoms with Crippen molar-refractivity contribution in [2.45, 2.75) is 12.1 Å². The van der Waals surface area contributed by atoms with Gasteiger partial charge in [0.1, 0.15) is 17.3 Å².